The van der Waals surface area contributed by atoms with Crippen molar-refractivity contribution in [3.8, 4) is 0 Å². The minimum Gasteiger partial charge on any atom is -0.465 e. The molecule has 0 aliphatic rings. The zero-order valence-electron chi connectivity index (χ0n) is 5.80. The van der Waals surface area contributed by atoms with Gasteiger partial charge >= 0.3 is 6.09 Å². The van der Waals surface area contributed by atoms with Gasteiger partial charge in [0.05, 0.1) is 15.4 Å². The van der Waals surface area contributed by atoms with Crippen molar-refractivity contribution in [1.82, 2.24) is 5.32 Å². The van der Waals surface area contributed by atoms with Crippen LogP contribution >= 0.6 is 38.9 Å². The second-order valence-corrected chi connectivity index (χ2v) is 4.90. The predicted octanol–water partition coefficient (Wildman–Crippen LogP) is 2.93. The van der Waals surface area contributed by atoms with Gasteiger partial charge in [-0.15, -0.1) is 11.3 Å². The highest BCUT2D eigenvalue weighted by Gasteiger charge is 2.05. The highest BCUT2D eigenvalue weighted by molar-refractivity contribution is 9.11. The number of rotatable bonds is 2. The predicted molar refractivity (Wildman–Crippen MR) is 51.9 cm³/mol. The van der Waals surface area contributed by atoms with Crippen molar-refractivity contribution in [2.75, 3.05) is 0 Å². The third kappa shape index (κ3) is 2.66. The van der Waals surface area contributed by atoms with Gasteiger partial charge in [0.2, 0.25) is 0 Å². The molecule has 12 heavy (non-hydrogen) atoms. The van der Waals surface area contributed by atoms with Crippen molar-refractivity contribution in [2.45, 2.75) is 6.54 Å². The fourth-order valence-corrected chi connectivity index (χ4v) is 2.67. The molecule has 0 aromatic carbocycles. The summed E-state index contributed by atoms with van der Waals surface area (Å²) in [6, 6.07) is 1.74. The second kappa shape index (κ2) is 4.11. The number of thiophene rings is 1. The Labute approximate surface area is 86.5 Å². The molecule has 0 unspecified atom stereocenters. The highest BCUT2D eigenvalue weighted by Crippen LogP contribution is 2.30. The van der Waals surface area contributed by atoms with Crippen LogP contribution in [0.2, 0.25) is 5.02 Å². The fourth-order valence-electron chi connectivity index (χ4n) is 0.652. The molecule has 66 valence electrons. The van der Waals surface area contributed by atoms with Crippen LogP contribution in [0, 0.1) is 0 Å². The summed E-state index contributed by atoms with van der Waals surface area (Å²) in [5, 5.41) is 11.1. The quantitative estimate of drug-likeness (QED) is 0.868. The molecule has 1 heterocycles. The molecule has 1 rings (SSSR count). The third-order valence-electron chi connectivity index (χ3n) is 1.13. The summed E-state index contributed by atoms with van der Waals surface area (Å²) in [6.45, 7) is 0.254. The molecule has 1 aromatic heterocycles. The Morgan fingerprint density at radius 2 is 2.50 bits per heavy atom. The summed E-state index contributed by atoms with van der Waals surface area (Å²) in [7, 11) is 0. The maximum absolute atomic E-state index is 10.1. The Kier molecular flexibility index (Phi) is 3.37. The van der Waals surface area contributed by atoms with Gasteiger partial charge in [-0.2, -0.15) is 0 Å². The van der Waals surface area contributed by atoms with E-state index in [0.29, 0.717) is 5.02 Å². The lowest BCUT2D eigenvalue weighted by Crippen LogP contribution is -2.19. The number of carbonyl (C=O) groups is 1. The topological polar surface area (TPSA) is 49.3 Å². The fraction of sp³-hybridized carbons (Fsp3) is 0.167. The van der Waals surface area contributed by atoms with Crippen LogP contribution in [0.3, 0.4) is 0 Å². The molecule has 0 bridgehead atoms. The Balaban J connectivity index is 2.62. The van der Waals surface area contributed by atoms with E-state index >= 15 is 0 Å². The summed E-state index contributed by atoms with van der Waals surface area (Å²) in [4.78, 5) is 10.9. The molecule has 0 spiro atoms. The van der Waals surface area contributed by atoms with Crippen LogP contribution in [0.25, 0.3) is 0 Å². The van der Waals surface area contributed by atoms with Crippen molar-refractivity contribution in [1.29, 1.82) is 0 Å². The number of halogens is 2. The van der Waals surface area contributed by atoms with E-state index in [0.717, 1.165) is 8.66 Å². The van der Waals surface area contributed by atoms with Crippen molar-refractivity contribution < 1.29 is 9.90 Å². The van der Waals surface area contributed by atoms with E-state index in [4.69, 9.17) is 16.7 Å². The average molecular weight is 271 g/mol. The van der Waals surface area contributed by atoms with Crippen molar-refractivity contribution in [3.05, 3.63) is 19.8 Å². The van der Waals surface area contributed by atoms with E-state index in [-0.39, 0.29) is 6.54 Å². The van der Waals surface area contributed by atoms with Gasteiger partial charge in [-0.25, -0.2) is 4.79 Å². The van der Waals surface area contributed by atoms with E-state index in [1.807, 2.05) is 0 Å². The lowest BCUT2D eigenvalue weighted by atomic mass is 10.5. The Morgan fingerprint density at radius 3 is 2.92 bits per heavy atom. The normalized spacial score (nSPS) is 9.83. The molecule has 0 aliphatic carbocycles. The maximum Gasteiger partial charge on any atom is 0.404 e. The van der Waals surface area contributed by atoms with Crippen molar-refractivity contribution in [3.63, 3.8) is 0 Å². The van der Waals surface area contributed by atoms with Gasteiger partial charge in [0.15, 0.2) is 0 Å². The van der Waals surface area contributed by atoms with Gasteiger partial charge < -0.3 is 10.4 Å². The highest BCUT2D eigenvalue weighted by atomic mass is 79.9. The average Bonchev–Trinajstić information content (AvgIpc) is 2.26. The largest absolute Gasteiger partial charge is 0.465 e. The first-order valence-corrected chi connectivity index (χ1v) is 4.99. The van der Waals surface area contributed by atoms with Crippen LogP contribution in [-0.2, 0) is 6.54 Å². The van der Waals surface area contributed by atoms with Gasteiger partial charge in [-0.1, -0.05) is 11.6 Å². The molecule has 0 saturated carbocycles. The molecule has 2 N–H and O–H groups in total. The molecule has 0 atom stereocenters. The summed E-state index contributed by atoms with van der Waals surface area (Å²) in [5.41, 5.74) is 0. The lowest BCUT2D eigenvalue weighted by molar-refractivity contribution is 0.194. The number of amides is 1. The minimum atomic E-state index is -1.05. The Bertz CT molecular complexity index is 302. The molecule has 0 saturated heterocycles. The standard InChI is InChI=1S/C6H5BrClNO2S/c7-5-1-3(8)4(12-5)2-9-6(10)11/h1,9H,2H2,(H,10,11). The summed E-state index contributed by atoms with van der Waals surface area (Å²) >= 11 is 10.4. The second-order valence-electron chi connectivity index (χ2n) is 1.98. The zero-order chi connectivity index (χ0) is 9.14. The Morgan fingerprint density at radius 1 is 1.83 bits per heavy atom. The molecule has 0 aliphatic heterocycles. The van der Waals surface area contributed by atoms with Gasteiger partial charge in [-0.05, 0) is 22.0 Å². The SMILES string of the molecule is O=C(O)NCc1sc(Br)cc1Cl. The van der Waals surface area contributed by atoms with E-state index in [9.17, 15) is 4.79 Å². The Hall–Kier alpha value is -0.260. The smallest absolute Gasteiger partial charge is 0.404 e. The lowest BCUT2D eigenvalue weighted by Gasteiger charge is -1.96. The molecule has 0 radical (unpaired) electrons. The monoisotopic (exact) mass is 269 g/mol. The van der Waals surface area contributed by atoms with E-state index < -0.39 is 6.09 Å². The number of hydrogen-bond donors (Lipinski definition) is 2. The van der Waals surface area contributed by atoms with Gasteiger partial charge in [0.25, 0.3) is 0 Å². The number of carboxylic acid groups (broad SMARTS) is 1. The zero-order valence-corrected chi connectivity index (χ0v) is 8.96. The van der Waals surface area contributed by atoms with Crippen LogP contribution in [0.5, 0.6) is 0 Å². The van der Waals surface area contributed by atoms with E-state index in [2.05, 4.69) is 21.2 Å². The molecule has 1 aromatic rings. The first-order chi connectivity index (χ1) is 5.59. The molecule has 6 heteroatoms. The van der Waals surface area contributed by atoms with Crippen LogP contribution in [-0.4, -0.2) is 11.2 Å². The number of nitrogens with one attached hydrogen (secondary N) is 1. The van der Waals surface area contributed by atoms with Crippen LogP contribution in [0.1, 0.15) is 4.88 Å². The minimum absolute atomic E-state index is 0.254. The summed E-state index contributed by atoms with van der Waals surface area (Å²) in [5.74, 6) is 0. The van der Waals surface area contributed by atoms with Crippen LogP contribution < -0.4 is 5.32 Å². The first-order valence-electron chi connectivity index (χ1n) is 3.00. The number of hydrogen-bond acceptors (Lipinski definition) is 2. The van der Waals surface area contributed by atoms with Crippen LogP contribution in [0.4, 0.5) is 4.79 Å². The molecule has 0 fully saturated rings. The van der Waals surface area contributed by atoms with E-state index in [1.165, 1.54) is 11.3 Å². The third-order valence-corrected chi connectivity index (χ3v) is 3.21. The molecular weight excluding hydrogens is 265 g/mol. The van der Waals surface area contributed by atoms with E-state index in [1.54, 1.807) is 6.07 Å². The molecule has 3 nitrogen and oxygen atoms in total. The van der Waals surface area contributed by atoms with Gasteiger partial charge in [0.1, 0.15) is 0 Å². The first kappa shape index (κ1) is 9.83. The summed E-state index contributed by atoms with van der Waals surface area (Å²) < 4.78 is 0.898. The summed E-state index contributed by atoms with van der Waals surface area (Å²) in [6.07, 6.45) is -1.05. The molecular formula is C6H5BrClNO2S. The van der Waals surface area contributed by atoms with Crippen LogP contribution in [0.15, 0.2) is 9.85 Å². The molecule has 1 amide bonds. The maximum atomic E-state index is 10.1. The van der Waals surface area contributed by atoms with Crippen molar-refractivity contribution in [2.24, 2.45) is 0 Å². The van der Waals surface area contributed by atoms with Crippen molar-refractivity contribution >= 4 is 45.0 Å². The van der Waals surface area contributed by atoms with Gasteiger partial charge in [-0.3, -0.25) is 0 Å². The van der Waals surface area contributed by atoms with Gasteiger partial charge in [0, 0.05) is 4.88 Å².